The molecule has 0 radical (unpaired) electrons. The molecule has 49 heteroatoms. The first-order valence-electron chi connectivity index (χ1n) is 23.9. The number of ether oxygens (including phenoxy) is 3. The molecule has 6 rings (SSSR count). The van der Waals surface area contributed by atoms with E-state index >= 15 is 0 Å². The number of aliphatic hydroxyl groups excluding tert-OH is 6. The van der Waals surface area contributed by atoms with Crippen LogP contribution in [0.2, 0.25) is 0 Å². The summed E-state index contributed by atoms with van der Waals surface area (Å²) >= 11 is 0. The van der Waals surface area contributed by atoms with Crippen LogP contribution in [-0.2, 0) is 68.1 Å². The second-order valence-electron chi connectivity index (χ2n) is 17.5. The van der Waals surface area contributed by atoms with Crippen molar-refractivity contribution in [2.24, 2.45) is 17.8 Å². The maximum atomic E-state index is 11.8. The Hall–Kier alpha value is -3.58. The van der Waals surface area contributed by atoms with E-state index in [0.29, 0.717) is 0 Å². The molecule has 0 spiro atoms. The van der Waals surface area contributed by atoms with Gasteiger partial charge in [0.25, 0.3) is 40.1 Å². The van der Waals surface area contributed by atoms with Gasteiger partial charge in [-0.2, -0.15) is 0 Å². The van der Waals surface area contributed by atoms with Gasteiger partial charge in [-0.05, 0) is 20.8 Å². The molecule has 0 aliphatic carbocycles. The van der Waals surface area contributed by atoms with Gasteiger partial charge in [-0.25, -0.2) is 41.0 Å². The summed E-state index contributed by atoms with van der Waals surface area (Å²) in [6, 6.07) is 2.97. The lowest BCUT2D eigenvalue weighted by molar-refractivity contribution is -0.894. The molecule has 17 atom stereocenters. The Bertz CT molecular complexity index is 3310. The van der Waals surface area contributed by atoms with Gasteiger partial charge < -0.3 is 93.8 Å². The van der Waals surface area contributed by atoms with Crippen molar-refractivity contribution in [3.63, 3.8) is 0 Å². The molecule has 3 saturated heterocycles. The van der Waals surface area contributed by atoms with Gasteiger partial charge in [0, 0.05) is 54.5 Å². The Balaban J connectivity index is 0.000000318. The third-order valence-electron chi connectivity index (χ3n) is 11.9. The lowest BCUT2D eigenvalue weighted by atomic mass is 9.99. The van der Waals surface area contributed by atoms with Crippen molar-refractivity contribution in [3.8, 4) is 0 Å². The molecule has 488 valence electrons. The van der Waals surface area contributed by atoms with Crippen LogP contribution in [0.5, 0.6) is 0 Å². The molecule has 3 aliphatic heterocycles. The number of quaternary nitrogens is 1. The molecule has 3 fully saturated rings. The normalized spacial score (nSPS) is 28.4. The lowest BCUT2D eigenvalue weighted by Crippen LogP contribution is -3.11. The smallest absolute Gasteiger partial charge is 0.478 e. The predicted octanol–water partition coefficient (Wildman–Crippen LogP) is -9.08. The van der Waals surface area contributed by atoms with E-state index in [-0.39, 0.29) is 0 Å². The van der Waals surface area contributed by atoms with Crippen molar-refractivity contribution in [2.75, 3.05) is 59.3 Å². The molecule has 0 bridgehead atoms. The molecular weight excluding hydrogens is 1290 g/mol. The van der Waals surface area contributed by atoms with Crippen molar-refractivity contribution in [1.29, 1.82) is 0 Å². The number of H-pyrrole nitrogens is 3. The zero-order valence-corrected chi connectivity index (χ0v) is 49.3. The fourth-order valence-electron chi connectivity index (χ4n) is 7.82. The molecule has 0 saturated carbocycles. The van der Waals surface area contributed by atoms with Crippen LogP contribution >= 0.6 is 46.9 Å². The van der Waals surface area contributed by atoms with Gasteiger partial charge in [-0.1, -0.05) is 0 Å². The average Bonchev–Trinajstić information content (AvgIpc) is 4.03. The van der Waals surface area contributed by atoms with Crippen molar-refractivity contribution < 1.29 is 148 Å². The second-order valence-corrected chi connectivity index (χ2v) is 25.9. The summed E-state index contributed by atoms with van der Waals surface area (Å²) in [5, 5.41) is 58.6. The summed E-state index contributed by atoms with van der Waals surface area (Å²) in [4.78, 5) is 161. The van der Waals surface area contributed by atoms with Crippen molar-refractivity contribution in [1.82, 2.24) is 28.7 Å². The van der Waals surface area contributed by atoms with Crippen LogP contribution in [0.4, 0.5) is 0 Å². The highest BCUT2D eigenvalue weighted by molar-refractivity contribution is 7.65. The largest absolute Gasteiger partial charge is 0.756 e. The molecular formula is C36H61N7O36P6-2. The van der Waals surface area contributed by atoms with Gasteiger partial charge in [-0.3, -0.25) is 70.3 Å². The van der Waals surface area contributed by atoms with Crippen molar-refractivity contribution >= 4 is 46.9 Å². The second kappa shape index (κ2) is 32.2. The fraction of sp³-hybridized carbons (Fsp3) is 0.667. The van der Waals surface area contributed by atoms with E-state index in [9.17, 15) is 111 Å². The number of phosphoric acid groups is 6. The molecule has 3 aliphatic rings. The number of nitrogens with one attached hydrogen (secondary N) is 4. The van der Waals surface area contributed by atoms with Crippen LogP contribution in [-0.4, -0.2) is 185 Å². The Morgan fingerprint density at radius 3 is 1.01 bits per heavy atom. The zero-order valence-electron chi connectivity index (χ0n) is 43.9. The molecule has 0 amide bonds. The van der Waals surface area contributed by atoms with Gasteiger partial charge in [-0.15, -0.1) is 0 Å². The van der Waals surface area contributed by atoms with Crippen LogP contribution in [0.1, 0.15) is 39.5 Å². The molecule has 6 heterocycles. The van der Waals surface area contributed by atoms with Gasteiger partial charge in [0.2, 0.25) is 0 Å². The summed E-state index contributed by atoms with van der Waals surface area (Å²) in [5.41, 5.74) is -4.78. The Morgan fingerprint density at radius 2 is 0.776 bits per heavy atom. The first-order valence-corrected chi connectivity index (χ1v) is 32.9. The molecule has 16 N–H and O–H groups in total. The summed E-state index contributed by atoms with van der Waals surface area (Å²) in [7, 11) is -33.0. The van der Waals surface area contributed by atoms with E-state index < -0.39 is 193 Å². The highest BCUT2D eigenvalue weighted by Crippen LogP contribution is 2.63. The molecule has 0 aromatic carbocycles. The van der Waals surface area contributed by atoms with Crippen LogP contribution < -0.4 is 53.3 Å². The fourth-order valence-corrected chi connectivity index (χ4v) is 12.7. The number of rotatable bonds is 24. The quantitative estimate of drug-likeness (QED) is 0.0370. The summed E-state index contributed by atoms with van der Waals surface area (Å²) in [6.45, 7) is 6.09. The van der Waals surface area contributed by atoms with E-state index in [0.717, 1.165) is 50.5 Å². The van der Waals surface area contributed by atoms with Crippen molar-refractivity contribution in [3.05, 3.63) is 99.3 Å². The monoisotopic (exact) mass is 1350 g/mol. The SMILES string of the molecule is CC[NH+](CC)CC.O=c1ccn(C2O[C@H](COP(=O)(O)O)[C@@H](CO)[C@H]2O)c(=O)[nH]1.O=c1ccn(C2O[C@H](COP(=O)(O)OP(=O)([O-])O)[C@@H](CO)[C@H]2O)c(=O)[nH]1.O=c1ccn(C2O[C@H](COP(=O)(O)OP(=O)([O-])OP(=O)([O-])O)[C@@H](CO)[C@H]2O)c(=O)[nH]1. The molecule has 3 aromatic rings. The van der Waals surface area contributed by atoms with Crippen LogP contribution in [0.15, 0.2) is 65.6 Å². The molecule has 3 aromatic heterocycles. The number of aromatic nitrogens is 6. The summed E-state index contributed by atoms with van der Waals surface area (Å²) in [6.07, 6.45) is -9.01. The van der Waals surface area contributed by atoms with Crippen LogP contribution in [0.25, 0.3) is 0 Å². The zero-order chi connectivity index (χ0) is 64.8. The lowest BCUT2D eigenvalue weighted by Gasteiger charge is -2.28. The minimum Gasteiger partial charge on any atom is -0.756 e. The first kappa shape index (κ1) is 75.7. The number of aliphatic hydroxyl groups is 6. The van der Waals surface area contributed by atoms with E-state index in [2.05, 4.69) is 47.3 Å². The Kier molecular flexibility index (Phi) is 28.7. The molecule has 43 nitrogen and oxygen atoms in total. The summed E-state index contributed by atoms with van der Waals surface area (Å²) in [5.74, 6) is -3.22. The topological polar surface area (TPSA) is 666 Å². The summed E-state index contributed by atoms with van der Waals surface area (Å²) < 4.78 is 108. The number of phosphoric ester groups is 3. The van der Waals surface area contributed by atoms with E-state index in [4.69, 9.17) is 33.8 Å². The number of hydrogen-bond donors (Lipinski definition) is 16. The van der Waals surface area contributed by atoms with Crippen LogP contribution in [0, 0.1) is 17.8 Å². The van der Waals surface area contributed by atoms with Crippen molar-refractivity contribution in [2.45, 2.75) is 76.1 Å². The average molecular weight is 1350 g/mol. The number of aromatic amines is 3. The first-order chi connectivity index (χ1) is 39.1. The maximum absolute atomic E-state index is 11.8. The van der Waals surface area contributed by atoms with Gasteiger partial charge in [0.05, 0.1) is 77.6 Å². The van der Waals surface area contributed by atoms with Crippen LogP contribution in [0.3, 0.4) is 0 Å². The maximum Gasteiger partial charge on any atom is 0.478 e. The van der Waals surface area contributed by atoms with Gasteiger partial charge in [0.15, 0.2) is 18.7 Å². The minimum atomic E-state index is -6.03. The number of hydrogen-bond acceptors (Lipinski definition) is 30. The Labute approximate surface area is 474 Å². The highest BCUT2D eigenvalue weighted by atomic mass is 31.3. The molecule has 8 unspecified atom stereocenters. The molecule has 85 heavy (non-hydrogen) atoms. The third kappa shape index (κ3) is 24.0. The Morgan fingerprint density at radius 1 is 0.494 bits per heavy atom. The minimum absolute atomic E-state index is 0.551. The van der Waals surface area contributed by atoms with E-state index in [1.807, 2.05) is 15.0 Å². The number of nitrogens with zero attached hydrogens (tertiary/aromatic N) is 3. The van der Waals surface area contributed by atoms with Gasteiger partial charge in [0.1, 0.15) is 18.3 Å². The third-order valence-corrected chi connectivity index (χ3v) is 18.2. The standard InChI is InChI=1S/C10H17N2O15P3.C10H16N2O12P2.C10H15N2O9P.C6H15N/c13-3-5-6(4-24-29(20,21)27-30(22,23)26-28(17,18)19)25-9(8(5)15)12-2-1-7(14)11-10(12)16;13-3-5-6(4-22-26(20,21)24-25(17,18)19)23-9(8(5)15)12-2-1-7(14)11-10(12)16;13-3-5-6(4-20-22(17,18)19)21-9(8(5)15)12-2-1-7(14)11-10(12)16;1-4-7(5-2)6-3/h1-2,5-6,8-9,13,15H,3-4H2,(H,20,21)(H,22,23)(H,11,14,16)(H2,17,18,19);1-2,5-6,8-9,13,15H,3-4H2,(H,20,21)(H,11,14,16)(H2,17,18,19);1-2,5-6,8-9,13,15H,3-4H2,(H,11,14,16)(H2,17,18,19);4-6H2,1-3H3/p-2/t3*5-,6-,8-,9?;/m111./s1. The van der Waals surface area contributed by atoms with E-state index in [1.165, 1.54) is 19.6 Å². The highest BCUT2D eigenvalue weighted by Gasteiger charge is 2.48. The van der Waals surface area contributed by atoms with E-state index in [1.54, 1.807) is 4.90 Å². The van der Waals surface area contributed by atoms with Gasteiger partial charge >= 0.3 is 40.5 Å². The predicted molar refractivity (Wildman–Crippen MR) is 268 cm³/mol.